The van der Waals surface area contributed by atoms with Crippen LogP contribution in [0, 0.1) is 19.7 Å². The summed E-state index contributed by atoms with van der Waals surface area (Å²) in [6.45, 7) is 5.26. The number of hydrogen-bond donors (Lipinski definition) is 3. The van der Waals surface area contributed by atoms with Crippen LogP contribution < -0.4 is 20.3 Å². The predicted molar refractivity (Wildman–Crippen MR) is 113 cm³/mol. The van der Waals surface area contributed by atoms with Crippen molar-refractivity contribution in [1.82, 2.24) is 15.5 Å². The fourth-order valence-electron chi connectivity index (χ4n) is 3.57. The molecule has 0 radical (unpaired) electrons. The second-order valence-corrected chi connectivity index (χ2v) is 9.38. The van der Waals surface area contributed by atoms with E-state index >= 15 is 0 Å². The highest BCUT2D eigenvalue weighted by atomic mass is 35.5. The predicted octanol–water partition coefficient (Wildman–Crippen LogP) is 3.13. The molecule has 1 amide bonds. The Morgan fingerprint density at radius 1 is 1.26 bits per heavy atom. The fraction of sp³-hybridized carbons (Fsp3) is 0.350. The summed E-state index contributed by atoms with van der Waals surface area (Å²) in [5.41, 5.74) is 4.33. The lowest BCUT2D eigenvalue weighted by atomic mass is 9.87. The van der Waals surface area contributed by atoms with E-state index < -0.39 is 40.1 Å². The van der Waals surface area contributed by atoms with Crippen LogP contribution in [-0.4, -0.2) is 33.8 Å². The first-order chi connectivity index (χ1) is 14.5. The maximum absolute atomic E-state index is 14.8. The van der Waals surface area contributed by atoms with E-state index in [0.717, 1.165) is 5.56 Å². The summed E-state index contributed by atoms with van der Waals surface area (Å²) in [6.07, 6.45) is -1.72. The summed E-state index contributed by atoms with van der Waals surface area (Å²) in [5.74, 6) is -1.12. The molecule has 1 unspecified atom stereocenters. The number of carbonyl (C=O) groups excluding carboxylic acids is 1. The zero-order chi connectivity index (χ0) is 22.9. The molecule has 0 bridgehead atoms. The topological polar surface area (TPSA) is 106 Å². The van der Waals surface area contributed by atoms with E-state index in [2.05, 4.69) is 15.5 Å². The van der Waals surface area contributed by atoms with E-state index in [-0.39, 0.29) is 10.6 Å². The highest BCUT2D eigenvalue weighted by Crippen LogP contribution is 2.32. The number of sulfonamides is 1. The number of carbonyl (C=O) groups is 1. The molecule has 8 nitrogen and oxygen atoms in total. The molecule has 31 heavy (non-hydrogen) atoms. The van der Waals surface area contributed by atoms with Crippen molar-refractivity contribution in [2.24, 2.45) is 0 Å². The molecule has 11 heteroatoms. The second-order valence-electron chi connectivity index (χ2n) is 7.26. The zero-order valence-electron chi connectivity index (χ0n) is 17.3. The van der Waals surface area contributed by atoms with Gasteiger partial charge < -0.3 is 9.57 Å². The lowest BCUT2D eigenvalue weighted by Gasteiger charge is -2.30. The summed E-state index contributed by atoms with van der Waals surface area (Å²) < 4.78 is 49.0. The Morgan fingerprint density at radius 3 is 2.58 bits per heavy atom. The Bertz CT molecular complexity index is 1110. The molecule has 2 aromatic rings. The molecule has 2 aromatic carbocycles. The number of hydrogen-bond acceptors (Lipinski definition) is 6. The van der Waals surface area contributed by atoms with Crippen LogP contribution in [0.3, 0.4) is 0 Å². The van der Waals surface area contributed by atoms with Gasteiger partial charge in [0.2, 0.25) is 10.0 Å². The van der Waals surface area contributed by atoms with Crippen molar-refractivity contribution in [2.45, 2.75) is 43.8 Å². The lowest BCUT2D eigenvalue weighted by Crippen LogP contribution is -2.55. The summed E-state index contributed by atoms with van der Waals surface area (Å²) in [6, 6.07) is 6.07. The van der Waals surface area contributed by atoms with Crippen LogP contribution in [0.1, 0.15) is 29.5 Å². The van der Waals surface area contributed by atoms with Gasteiger partial charge in [-0.3, -0.25) is 5.32 Å². The van der Waals surface area contributed by atoms with Gasteiger partial charge in [-0.1, -0.05) is 24.6 Å². The number of nitrogens with one attached hydrogen (secondary N) is 3. The van der Waals surface area contributed by atoms with Crippen molar-refractivity contribution in [2.75, 3.05) is 7.11 Å². The Labute approximate surface area is 185 Å². The number of rotatable bonds is 7. The van der Waals surface area contributed by atoms with Crippen molar-refractivity contribution >= 4 is 27.7 Å². The molecule has 3 N–H and O–H groups in total. The summed E-state index contributed by atoms with van der Waals surface area (Å²) in [7, 11) is -2.84. The van der Waals surface area contributed by atoms with E-state index in [4.69, 9.17) is 21.2 Å². The van der Waals surface area contributed by atoms with E-state index in [9.17, 15) is 17.6 Å². The minimum atomic E-state index is -4.17. The number of aryl methyl sites for hydroxylation is 1. The van der Waals surface area contributed by atoms with Gasteiger partial charge in [-0.25, -0.2) is 22.3 Å². The Balaban J connectivity index is 2.05. The largest absolute Gasteiger partial charge is 0.495 e. The second kappa shape index (κ2) is 8.99. The molecule has 0 saturated carbocycles. The van der Waals surface area contributed by atoms with E-state index in [1.54, 1.807) is 19.9 Å². The quantitative estimate of drug-likeness (QED) is 0.573. The molecule has 168 valence electrons. The molecule has 1 heterocycles. The van der Waals surface area contributed by atoms with Crippen LogP contribution >= 0.6 is 11.6 Å². The van der Waals surface area contributed by atoms with Crippen molar-refractivity contribution in [3.05, 3.63) is 57.9 Å². The summed E-state index contributed by atoms with van der Waals surface area (Å²) in [4.78, 5) is 16.2. The zero-order valence-corrected chi connectivity index (χ0v) is 18.9. The van der Waals surface area contributed by atoms with Gasteiger partial charge in [-0.2, -0.15) is 0 Å². The molecule has 0 aliphatic carbocycles. The number of ether oxygens (including phenoxy) is 1. The molecular weight excluding hydrogens is 449 g/mol. The molecule has 1 fully saturated rings. The molecular formula is C20H23ClFN3O5S. The maximum atomic E-state index is 14.8. The van der Waals surface area contributed by atoms with Crippen molar-refractivity contribution in [3.63, 3.8) is 0 Å². The minimum absolute atomic E-state index is 0.0454. The van der Waals surface area contributed by atoms with Gasteiger partial charge in [0.15, 0.2) is 0 Å². The Hall–Kier alpha value is -2.40. The maximum Gasteiger partial charge on any atom is 0.427 e. The highest BCUT2D eigenvalue weighted by molar-refractivity contribution is 7.89. The third-order valence-electron chi connectivity index (χ3n) is 5.34. The third-order valence-corrected chi connectivity index (χ3v) is 7.08. The van der Waals surface area contributed by atoms with Crippen LogP contribution in [0.25, 0.3) is 0 Å². The van der Waals surface area contributed by atoms with Crippen LogP contribution in [0.15, 0.2) is 35.2 Å². The molecule has 1 saturated heterocycles. The van der Waals surface area contributed by atoms with E-state index in [1.807, 2.05) is 6.92 Å². The molecule has 0 aromatic heterocycles. The molecule has 1 aliphatic heterocycles. The van der Waals surface area contributed by atoms with E-state index in [0.29, 0.717) is 16.1 Å². The number of methoxy groups -OCH3 is 1. The average Bonchev–Trinajstić information content (AvgIpc) is 3.14. The monoisotopic (exact) mass is 471 g/mol. The van der Waals surface area contributed by atoms with Crippen LogP contribution in [-0.2, 0) is 14.9 Å². The van der Waals surface area contributed by atoms with Crippen molar-refractivity contribution in [1.29, 1.82) is 0 Å². The van der Waals surface area contributed by atoms with Gasteiger partial charge in [0.05, 0.1) is 13.2 Å². The van der Waals surface area contributed by atoms with Gasteiger partial charge in [-0.05, 0) is 48.7 Å². The smallest absolute Gasteiger partial charge is 0.427 e. The Morgan fingerprint density at radius 2 is 1.97 bits per heavy atom. The first kappa shape index (κ1) is 23.3. The minimum Gasteiger partial charge on any atom is -0.495 e. The summed E-state index contributed by atoms with van der Waals surface area (Å²) >= 11 is 5.94. The molecule has 0 spiro atoms. The SMILES string of the molecule is COc1cc(Cl)ccc1S(=O)(=O)N[C@H](C1NOC(=O)N1)[C@H](C)c1c(F)ccc(C)c1C. The first-order valence-electron chi connectivity index (χ1n) is 9.39. The third kappa shape index (κ3) is 4.77. The van der Waals surface area contributed by atoms with Crippen LogP contribution in [0.5, 0.6) is 5.75 Å². The van der Waals surface area contributed by atoms with Gasteiger partial charge in [0.1, 0.15) is 22.6 Å². The lowest BCUT2D eigenvalue weighted by molar-refractivity contribution is 0.114. The van der Waals surface area contributed by atoms with Crippen LogP contribution in [0.2, 0.25) is 5.02 Å². The van der Waals surface area contributed by atoms with Gasteiger partial charge >= 0.3 is 6.09 Å². The van der Waals surface area contributed by atoms with Gasteiger partial charge in [0, 0.05) is 17.0 Å². The number of amides is 1. The van der Waals surface area contributed by atoms with Crippen molar-refractivity contribution < 1.29 is 27.2 Å². The number of hydroxylamine groups is 1. The number of benzene rings is 2. The highest BCUT2D eigenvalue weighted by Gasteiger charge is 2.39. The molecule has 3 atom stereocenters. The molecule has 3 rings (SSSR count). The van der Waals surface area contributed by atoms with Gasteiger partial charge in [-0.15, -0.1) is 5.48 Å². The summed E-state index contributed by atoms with van der Waals surface area (Å²) in [5, 5.41) is 2.80. The van der Waals surface area contributed by atoms with Gasteiger partial charge in [0.25, 0.3) is 0 Å². The van der Waals surface area contributed by atoms with E-state index in [1.165, 1.54) is 31.4 Å². The normalized spacial score (nSPS) is 18.3. The molecule has 1 aliphatic rings. The van der Waals surface area contributed by atoms with Crippen molar-refractivity contribution in [3.8, 4) is 5.75 Å². The number of halogens is 2. The van der Waals surface area contributed by atoms with Crippen LogP contribution in [0.4, 0.5) is 9.18 Å². The first-order valence-corrected chi connectivity index (χ1v) is 11.3. The fourth-order valence-corrected chi connectivity index (χ4v) is 5.22. The standard InChI is InChI=1S/C20H23ClFN3O5S/c1-10-5-7-14(22)17(11(10)2)12(3)18(19-23-20(26)30-24-19)25-31(27,28)16-8-6-13(21)9-15(16)29-4/h5-9,12,18-19,24-25H,1-4H3,(H,23,26)/t12-,18+,19?/m1/s1. The average molecular weight is 472 g/mol. The Kier molecular flexibility index (Phi) is 6.75.